The number of halogens is 1. The van der Waals surface area contributed by atoms with E-state index in [0.717, 1.165) is 5.56 Å². The minimum absolute atomic E-state index is 0.182. The van der Waals surface area contributed by atoms with E-state index >= 15 is 0 Å². The van der Waals surface area contributed by atoms with Crippen LogP contribution in [0.2, 0.25) is 5.02 Å². The Labute approximate surface area is 135 Å². The average Bonchev–Trinajstić information content (AvgIpc) is 2.42. The summed E-state index contributed by atoms with van der Waals surface area (Å²) in [4.78, 5) is 20.7. The van der Waals surface area contributed by atoms with Gasteiger partial charge in [-0.15, -0.1) is 0 Å². The average molecular weight is 319 g/mol. The highest BCUT2D eigenvalue weighted by atomic mass is 35.5. The molecule has 1 aromatic heterocycles. The van der Waals surface area contributed by atoms with Crippen LogP contribution < -0.4 is 10.6 Å². The van der Waals surface area contributed by atoms with Gasteiger partial charge in [0.15, 0.2) is 0 Å². The van der Waals surface area contributed by atoms with Crippen molar-refractivity contribution in [3.63, 3.8) is 0 Å². The molecule has 0 fully saturated rings. The van der Waals surface area contributed by atoms with E-state index in [4.69, 9.17) is 11.6 Å². The summed E-state index contributed by atoms with van der Waals surface area (Å²) in [7, 11) is 0. The second kappa shape index (κ2) is 6.32. The topological polar surface area (TPSA) is 66.9 Å². The summed E-state index contributed by atoms with van der Waals surface area (Å²) in [5.74, 6) is 0.118. The van der Waals surface area contributed by atoms with E-state index in [2.05, 4.69) is 20.6 Å². The highest BCUT2D eigenvalue weighted by Crippen LogP contribution is 2.23. The van der Waals surface area contributed by atoms with E-state index < -0.39 is 0 Å². The number of carbonyl (C=O) groups is 1. The van der Waals surface area contributed by atoms with Gasteiger partial charge in [-0.2, -0.15) is 0 Å². The van der Waals surface area contributed by atoms with Crippen LogP contribution >= 0.6 is 11.6 Å². The second-order valence-corrected chi connectivity index (χ2v) is 6.41. The number of benzene rings is 1. The van der Waals surface area contributed by atoms with Gasteiger partial charge in [0.2, 0.25) is 5.95 Å². The Morgan fingerprint density at radius 3 is 2.64 bits per heavy atom. The van der Waals surface area contributed by atoms with Crippen molar-refractivity contribution in [3.8, 4) is 0 Å². The maximum atomic E-state index is 12.3. The van der Waals surface area contributed by atoms with Crippen molar-refractivity contribution in [2.45, 2.75) is 33.2 Å². The molecule has 1 amide bonds. The van der Waals surface area contributed by atoms with Crippen LogP contribution in [-0.2, 0) is 0 Å². The van der Waals surface area contributed by atoms with E-state index in [1.165, 1.54) is 0 Å². The van der Waals surface area contributed by atoms with E-state index in [0.29, 0.717) is 22.4 Å². The summed E-state index contributed by atoms with van der Waals surface area (Å²) in [6.07, 6.45) is 1.56. The first-order valence-corrected chi connectivity index (χ1v) is 7.32. The van der Waals surface area contributed by atoms with Gasteiger partial charge in [0, 0.05) is 22.4 Å². The minimum Gasteiger partial charge on any atom is -0.350 e. The molecule has 2 aromatic rings. The van der Waals surface area contributed by atoms with Crippen LogP contribution in [0.1, 0.15) is 36.8 Å². The van der Waals surface area contributed by atoms with Crippen LogP contribution in [-0.4, -0.2) is 21.4 Å². The van der Waals surface area contributed by atoms with Gasteiger partial charge in [-0.25, -0.2) is 9.97 Å². The number of aromatic nitrogens is 2. The molecule has 0 spiro atoms. The second-order valence-electron chi connectivity index (χ2n) is 6.01. The number of hydrogen-bond acceptors (Lipinski definition) is 4. The molecule has 2 rings (SSSR count). The molecule has 2 N–H and O–H groups in total. The molecule has 0 bridgehead atoms. The fraction of sp³-hybridized carbons (Fsp3) is 0.312. The third kappa shape index (κ3) is 4.18. The molecule has 0 aliphatic heterocycles. The van der Waals surface area contributed by atoms with Gasteiger partial charge in [0.05, 0.1) is 0 Å². The third-order valence-corrected chi connectivity index (χ3v) is 3.30. The van der Waals surface area contributed by atoms with Gasteiger partial charge in [0.1, 0.15) is 5.69 Å². The van der Waals surface area contributed by atoms with Gasteiger partial charge in [-0.1, -0.05) is 17.7 Å². The molecule has 0 aliphatic carbocycles. The Hall–Kier alpha value is -2.14. The predicted molar refractivity (Wildman–Crippen MR) is 89.5 cm³/mol. The Bertz CT molecular complexity index is 695. The molecule has 1 aromatic carbocycles. The van der Waals surface area contributed by atoms with Gasteiger partial charge >= 0.3 is 0 Å². The molecule has 0 unspecified atom stereocenters. The summed E-state index contributed by atoms with van der Waals surface area (Å²) < 4.78 is 0. The maximum absolute atomic E-state index is 12.3. The van der Waals surface area contributed by atoms with Crippen molar-refractivity contribution in [3.05, 3.63) is 46.7 Å². The molecule has 0 aliphatic rings. The first-order valence-electron chi connectivity index (χ1n) is 6.94. The predicted octanol–water partition coefficient (Wildman–Crippen LogP) is 3.90. The Morgan fingerprint density at radius 1 is 1.23 bits per heavy atom. The van der Waals surface area contributed by atoms with Crippen LogP contribution in [0.25, 0.3) is 0 Å². The first kappa shape index (κ1) is 16.2. The van der Waals surface area contributed by atoms with Gasteiger partial charge < -0.3 is 10.6 Å². The lowest BCUT2D eigenvalue weighted by molar-refractivity contribution is 0.102. The van der Waals surface area contributed by atoms with Crippen molar-refractivity contribution in [2.75, 3.05) is 10.6 Å². The molecule has 1 heterocycles. The Morgan fingerprint density at radius 2 is 1.95 bits per heavy atom. The van der Waals surface area contributed by atoms with Crippen LogP contribution in [0.3, 0.4) is 0 Å². The van der Waals surface area contributed by atoms with Crippen LogP contribution in [0, 0.1) is 6.92 Å². The third-order valence-electron chi connectivity index (χ3n) is 2.89. The molecule has 0 saturated carbocycles. The zero-order valence-corrected chi connectivity index (χ0v) is 13.8. The molecule has 22 heavy (non-hydrogen) atoms. The number of hydrogen-bond donors (Lipinski definition) is 2. The van der Waals surface area contributed by atoms with Crippen molar-refractivity contribution in [2.24, 2.45) is 0 Å². The highest BCUT2D eigenvalue weighted by molar-refractivity contribution is 6.31. The largest absolute Gasteiger partial charge is 0.350 e. The Balaban J connectivity index is 2.19. The summed E-state index contributed by atoms with van der Waals surface area (Å²) in [6, 6.07) is 6.94. The molecule has 0 radical (unpaired) electrons. The van der Waals surface area contributed by atoms with Crippen LogP contribution in [0.4, 0.5) is 11.6 Å². The minimum atomic E-state index is -0.301. The number of carbonyl (C=O) groups excluding carboxylic acids is 1. The SMILES string of the molecule is Cc1c(Cl)cccc1NC(=O)c1ccnc(NC(C)(C)C)n1. The molecule has 0 saturated heterocycles. The summed E-state index contributed by atoms with van der Waals surface area (Å²) in [5, 5.41) is 6.56. The number of amides is 1. The van der Waals surface area contributed by atoms with E-state index in [9.17, 15) is 4.79 Å². The summed E-state index contributed by atoms with van der Waals surface area (Å²) in [5.41, 5.74) is 1.60. The molecular formula is C16H19ClN4O. The summed E-state index contributed by atoms with van der Waals surface area (Å²) in [6.45, 7) is 7.85. The number of nitrogens with one attached hydrogen (secondary N) is 2. The fourth-order valence-corrected chi connectivity index (χ4v) is 1.98. The summed E-state index contributed by atoms with van der Waals surface area (Å²) >= 11 is 6.05. The molecule has 116 valence electrons. The number of anilines is 2. The van der Waals surface area contributed by atoms with E-state index in [1.54, 1.807) is 30.5 Å². The van der Waals surface area contributed by atoms with Crippen molar-refractivity contribution in [1.82, 2.24) is 9.97 Å². The smallest absolute Gasteiger partial charge is 0.274 e. The van der Waals surface area contributed by atoms with E-state index in [1.807, 2.05) is 27.7 Å². The van der Waals surface area contributed by atoms with Gasteiger partial charge in [-0.05, 0) is 51.5 Å². The lowest BCUT2D eigenvalue weighted by Crippen LogP contribution is -2.28. The lowest BCUT2D eigenvalue weighted by atomic mass is 10.1. The molecule has 6 heteroatoms. The highest BCUT2D eigenvalue weighted by Gasteiger charge is 2.14. The quantitative estimate of drug-likeness (QED) is 0.900. The molecule has 0 atom stereocenters. The van der Waals surface area contributed by atoms with E-state index in [-0.39, 0.29) is 11.4 Å². The van der Waals surface area contributed by atoms with Gasteiger partial charge in [-0.3, -0.25) is 4.79 Å². The fourth-order valence-electron chi connectivity index (χ4n) is 1.81. The normalized spacial score (nSPS) is 11.1. The zero-order valence-electron chi connectivity index (χ0n) is 13.1. The van der Waals surface area contributed by atoms with Crippen LogP contribution in [0.5, 0.6) is 0 Å². The van der Waals surface area contributed by atoms with Crippen molar-refractivity contribution < 1.29 is 4.79 Å². The number of nitrogens with zero attached hydrogens (tertiary/aromatic N) is 2. The van der Waals surface area contributed by atoms with Crippen LogP contribution in [0.15, 0.2) is 30.5 Å². The lowest BCUT2D eigenvalue weighted by Gasteiger charge is -2.20. The van der Waals surface area contributed by atoms with Crippen molar-refractivity contribution in [1.29, 1.82) is 0 Å². The first-order chi connectivity index (χ1) is 10.3. The van der Waals surface area contributed by atoms with Crippen molar-refractivity contribution >= 4 is 29.1 Å². The maximum Gasteiger partial charge on any atom is 0.274 e. The Kier molecular flexibility index (Phi) is 4.66. The molecule has 5 nitrogen and oxygen atoms in total. The van der Waals surface area contributed by atoms with Gasteiger partial charge in [0.25, 0.3) is 5.91 Å². The standard InChI is InChI=1S/C16H19ClN4O/c1-10-11(17)6-5-7-12(10)19-14(22)13-8-9-18-15(20-13)21-16(2,3)4/h5-9H,1-4H3,(H,19,22)(H,18,20,21). The number of rotatable bonds is 3. The molecular weight excluding hydrogens is 300 g/mol. The zero-order chi connectivity index (χ0) is 16.3. The monoisotopic (exact) mass is 318 g/mol.